The van der Waals surface area contributed by atoms with Crippen LogP contribution in [0.1, 0.15) is 17.3 Å². The van der Waals surface area contributed by atoms with Gasteiger partial charge in [0, 0.05) is 44.5 Å². The normalized spacial score (nSPS) is 16.7. The van der Waals surface area contributed by atoms with Crippen LogP contribution >= 0.6 is 0 Å². The number of aliphatic carboxylic acids is 1. The first-order chi connectivity index (χ1) is 13.1. The van der Waals surface area contributed by atoms with E-state index in [0.717, 1.165) is 25.3 Å². The van der Waals surface area contributed by atoms with E-state index >= 15 is 0 Å². The van der Waals surface area contributed by atoms with Crippen molar-refractivity contribution < 1.29 is 19.4 Å². The number of carboxylic acids is 1. The fraction of sp³-hybridized carbons (Fsp3) is 0.400. The molecule has 0 bridgehead atoms. The minimum atomic E-state index is -0.889. The number of hydrogen-bond donors (Lipinski definition) is 1. The lowest BCUT2D eigenvalue weighted by atomic mass is 10.0. The molecule has 1 fully saturated rings. The van der Waals surface area contributed by atoms with Crippen molar-refractivity contribution >= 4 is 5.97 Å². The average Bonchev–Trinajstić information content (AvgIpc) is 2.70. The second-order valence-electron chi connectivity index (χ2n) is 6.48. The summed E-state index contributed by atoms with van der Waals surface area (Å²) in [4.78, 5) is 20.7. The number of hydrogen-bond acceptors (Lipinski definition) is 6. The highest BCUT2D eigenvalue weighted by Crippen LogP contribution is 2.33. The molecule has 7 heteroatoms. The predicted octanol–water partition coefficient (Wildman–Crippen LogP) is 2.04. The standard InChI is InChI=1S/C20H25N3O4/c1-26-16-6-7-18(27-2)17(13-16)19(20(24)25)23-11-9-22(10-12-23)14-15-5-3-4-8-21-15/h3-8,13,19H,9-12,14H2,1-2H3,(H,24,25). The van der Waals surface area contributed by atoms with Crippen molar-refractivity contribution in [2.24, 2.45) is 0 Å². The maximum atomic E-state index is 12.1. The Bertz CT molecular complexity index is 761. The highest BCUT2D eigenvalue weighted by Gasteiger charge is 2.32. The zero-order valence-corrected chi connectivity index (χ0v) is 15.7. The van der Waals surface area contributed by atoms with Gasteiger partial charge < -0.3 is 14.6 Å². The van der Waals surface area contributed by atoms with Gasteiger partial charge in [-0.2, -0.15) is 0 Å². The highest BCUT2D eigenvalue weighted by atomic mass is 16.5. The summed E-state index contributed by atoms with van der Waals surface area (Å²) in [7, 11) is 3.12. The number of ether oxygens (including phenoxy) is 2. The van der Waals surface area contributed by atoms with Crippen molar-refractivity contribution in [2.45, 2.75) is 12.6 Å². The quantitative estimate of drug-likeness (QED) is 0.798. The third-order valence-electron chi connectivity index (χ3n) is 4.85. The number of aromatic nitrogens is 1. The fourth-order valence-electron chi connectivity index (χ4n) is 3.44. The monoisotopic (exact) mass is 371 g/mol. The van der Waals surface area contributed by atoms with Crippen LogP contribution < -0.4 is 9.47 Å². The van der Waals surface area contributed by atoms with Crippen LogP contribution in [0.5, 0.6) is 11.5 Å². The summed E-state index contributed by atoms with van der Waals surface area (Å²) in [5, 5.41) is 9.90. The van der Waals surface area contributed by atoms with Gasteiger partial charge in [-0.1, -0.05) is 6.07 Å². The van der Waals surface area contributed by atoms with Gasteiger partial charge in [0.05, 0.1) is 19.9 Å². The molecule has 27 heavy (non-hydrogen) atoms. The molecule has 1 atom stereocenters. The first-order valence-electron chi connectivity index (χ1n) is 8.93. The summed E-state index contributed by atoms with van der Waals surface area (Å²) in [6.45, 7) is 3.66. The number of methoxy groups -OCH3 is 2. The molecular weight excluding hydrogens is 346 g/mol. The molecule has 7 nitrogen and oxygen atoms in total. The van der Waals surface area contributed by atoms with E-state index in [2.05, 4.69) is 9.88 Å². The Morgan fingerprint density at radius 1 is 1.15 bits per heavy atom. The Balaban J connectivity index is 1.73. The largest absolute Gasteiger partial charge is 0.497 e. The first kappa shape index (κ1) is 19.1. The molecule has 0 spiro atoms. The van der Waals surface area contributed by atoms with Crippen LogP contribution in [-0.4, -0.2) is 66.3 Å². The molecule has 3 rings (SSSR count). The molecule has 0 saturated carbocycles. The highest BCUT2D eigenvalue weighted by molar-refractivity contribution is 5.77. The molecular formula is C20H25N3O4. The number of carboxylic acid groups (broad SMARTS) is 1. The molecule has 1 aliphatic rings. The fourth-order valence-corrected chi connectivity index (χ4v) is 3.44. The Morgan fingerprint density at radius 2 is 1.93 bits per heavy atom. The van der Waals surface area contributed by atoms with Gasteiger partial charge in [-0.3, -0.25) is 19.6 Å². The number of rotatable bonds is 7. The maximum absolute atomic E-state index is 12.1. The van der Waals surface area contributed by atoms with E-state index in [-0.39, 0.29) is 0 Å². The predicted molar refractivity (Wildman–Crippen MR) is 101 cm³/mol. The van der Waals surface area contributed by atoms with Gasteiger partial charge >= 0.3 is 5.97 Å². The van der Waals surface area contributed by atoms with E-state index in [4.69, 9.17) is 9.47 Å². The maximum Gasteiger partial charge on any atom is 0.325 e. The lowest BCUT2D eigenvalue weighted by molar-refractivity contribution is -0.144. The molecule has 1 N–H and O–H groups in total. The molecule has 1 aliphatic heterocycles. The molecule has 1 aromatic heterocycles. The van der Waals surface area contributed by atoms with Crippen molar-refractivity contribution in [3.8, 4) is 11.5 Å². The summed E-state index contributed by atoms with van der Waals surface area (Å²) in [5.74, 6) is 0.282. The number of piperazine rings is 1. The van der Waals surface area contributed by atoms with E-state index in [1.807, 2.05) is 23.1 Å². The van der Waals surface area contributed by atoms with E-state index in [9.17, 15) is 9.90 Å². The number of pyridine rings is 1. The summed E-state index contributed by atoms with van der Waals surface area (Å²) >= 11 is 0. The van der Waals surface area contributed by atoms with E-state index in [0.29, 0.717) is 30.2 Å². The Morgan fingerprint density at radius 3 is 2.52 bits per heavy atom. The van der Waals surface area contributed by atoms with Crippen molar-refractivity contribution in [1.82, 2.24) is 14.8 Å². The summed E-state index contributed by atoms with van der Waals surface area (Å²) < 4.78 is 10.7. The summed E-state index contributed by atoms with van der Waals surface area (Å²) in [6.07, 6.45) is 1.79. The number of carbonyl (C=O) groups is 1. The first-order valence-corrected chi connectivity index (χ1v) is 8.93. The van der Waals surface area contributed by atoms with Gasteiger partial charge in [-0.05, 0) is 30.3 Å². The molecule has 0 aliphatic carbocycles. The van der Waals surface area contributed by atoms with Crippen LogP contribution in [-0.2, 0) is 11.3 Å². The van der Waals surface area contributed by atoms with Crippen LogP contribution in [0.4, 0.5) is 0 Å². The third-order valence-corrected chi connectivity index (χ3v) is 4.85. The molecule has 2 aromatic rings. The van der Waals surface area contributed by atoms with Crippen molar-refractivity contribution in [3.05, 3.63) is 53.9 Å². The second kappa shape index (κ2) is 8.83. The topological polar surface area (TPSA) is 75.1 Å². The van der Waals surface area contributed by atoms with Gasteiger partial charge in [0.1, 0.15) is 17.5 Å². The number of nitrogens with zero attached hydrogens (tertiary/aromatic N) is 3. The summed E-state index contributed by atoms with van der Waals surface area (Å²) in [5.41, 5.74) is 1.64. The molecule has 1 aromatic carbocycles. The van der Waals surface area contributed by atoms with Crippen molar-refractivity contribution in [3.63, 3.8) is 0 Å². The van der Waals surface area contributed by atoms with Crippen molar-refractivity contribution in [1.29, 1.82) is 0 Å². The lowest BCUT2D eigenvalue weighted by Crippen LogP contribution is -2.49. The van der Waals surface area contributed by atoms with Crippen LogP contribution in [0.3, 0.4) is 0 Å². The van der Waals surface area contributed by atoms with Gasteiger partial charge in [-0.25, -0.2) is 0 Å². The lowest BCUT2D eigenvalue weighted by Gasteiger charge is -2.38. The third kappa shape index (κ3) is 4.56. The Labute approximate surface area is 159 Å². The molecule has 1 saturated heterocycles. The minimum Gasteiger partial charge on any atom is -0.497 e. The van der Waals surface area contributed by atoms with Crippen molar-refractivity contribution in [2.75, 3.05) is 40.4 Å². The van der Waals surface area contributed by atoms with Gasteiger partial charge in [-0.15, -0.1) is 0 Å². The van der Waals surface area contributed by atoms with Gasteiger partial charge in [0.15, 0.2) is 0 Å². The average molecular weight is 371 g/mol. The number of benzene rings is 1. The van der Waals surface area contributed by atoms with Crippen LogP contribution in [0, 0.1) is 0 Å². The van der Waals surface area contributed by atoms with E-state index in [1.54, 1.807) is 38.6 Å². The zero-order chi connectivity index (χ0) is 19.2. The Hall–Kier alpha value is -2.64. The van der Waals surface area contributed by atoms with E-state index < -0.39 is 12.0 Å². The van der Waals surface area contributed by atoms with Crippen LogP contribution in [0.25, 0.3) is 0 Å². The molecule has 2 heterocycles. The van der Waals surface area contributed by atoms with Gasteiger partial charge in [0.25, 0.3) is 0 Å². The zero-order valence-electron chi connectivity index (χ0n) is 15.7. The van der Waals surface area contributed by atoms with Crippen LogP contribution in [0.2, 0.25) is 0 Å². The van der Waals surface area contributed by atoms with Crippen LogP contribution in [0.15, 0.2) is 42.6 Å². The Kier molecular flexibility index (Phi) is 6.26. The second-order valence-corrected chi connectivity index (χ2v) is 6.48. The molecule has 0 radical (unpaired) electrons. The SMILES string of the molecule is COc1ccc(OC)c(C(C(=O)O)N2CCN(Cc3ccccn3)CC2)c1. The summed E-state index contributed by atoms with van der Waals surface area (Å²) in [6, 6.07) is 10.4. The minimum absolute atomic E-state index is 0.555. The van der Waals surface area contributed by atoms with E-state index in [1.165, 1.54) is 0 Å². The molecule has 1 unspecified atom stereocenters. The molecule has 144 valence electrons. The van der Waals surface area contributed by atoms with Gasteiger partial charge in [0.2, 0.25) is 0 Å². The molecule has 0 amide bonds. The smallest absolute Gasteiger partial charge is 0.325 e.